The van der Waals surface area contributed by atoms with E-state index >= 15 is 0 Å². The molecule has 0 fully saturated rings. The van der Waals surface area contributed by atoms with Crippen LogP contribution in [0.2, 0.25) is 0 Å². The molecule has 30 heavy (non-hydrogen) atoms. The number of fused-ring (bicyclic) bond motifs is 5. The van der Waals surface area contributed by atoms with Crippen molar-refractivity contribution in [1.82, 2.24) is 14.4 Å². The van der Waals surface area contributed by atoms with Crippen LogP contribution in [0.1, 0.15) is 6.92 Å². The molecular formula is C24H21N3O2S. The van der Waals surface area contributed by atoms with E-state index in [9.17, 15) is 0 Å². The number of ether oxygens (including phenoxy) is 2. The van der Waals surface area contributed by atoms with Crippen molar-refractivity contribution in [1.29, 1.82) is 0 Å². The first kappa shape index (κ1) is 18.8. The van der Waals surface area contributed by atoms with Crippen LogP contribution in [0.15, 0.2) is 78.0 Å². The molecule has 5 nitrogen and oxygen atoms in total. The van der Waals surface area contributed by atoms with Crippen LogP contribution in [0, 0.1) is 0 Å². The molecule has 0 amide bonds. The molecule has 0 radical (unpaired) electrons. The predicted molar refractivity (Wildman–Crippen MR) is 122 cm³/mol. The highest BCUT2D eigenvalue weighted by atomic mass is 32.2. The summed E-state index contributed by atoms with van der Waals surface area (Å²) < 4.78 is 13.5. The average Bonchev–Trinajstić information content (AvgIpc) is 3.18. The lowest BCUT2D eigenvalue weighted by atomic mass is 10.2. The monoisotopic (exact) mass is 415 g/mol. The fourth-order valence-corrected chi connectivity index (χ4v) is 4.33. The second-order valence-electron chi connectivity index (χ2n) is 6.77. The van der Waals surface area contributed by atoms with Gasteiger partial charge in [0.05, 0.1) is 29.8 Å². The highest BCUT2D eigenvalue weighted by Gasteiger charge is 2.13. The Morgan fingerprint density at radius 1 is 0.800 bits per heavy atom. The summed E-state index contributed by atoms with van der Waals surface area (Å²) >= 11 is 1.68. The summed E-state index contributed by atoms with van der Waals surface area (Å²) in [5, 5.41) is 1.98. The van der Waals surface area contributed by atoms with Crippen LogP contribution in [-0.2, 0) is 0 Å². The van der Waals surface area contributed by atoms with Crippen molar-refractivity contribution in [3.63, 3.8) is 0 Å². The summed E-state index contributed by atoms with van der Waals surface area (Å²) in [5.74, 6) is 2.47. The van der Waals surface area contributed by atoms with E-state index < -0.39 is 0 Å². The zero-order chi connectivity index (χ0) is 20.3. The van der Waals surface area contributed by atoms with Crippen molar-refractivity contribution in [2.75, 3.05) is 19.0 Å². The Balaban J connectivity index is 1.39. The zero-order valence-corrected chi connectivity index (χ0v) is 17.4. The first-order chi connectivity index (χ1) is 14.8. The Morgan fingerprint density at radius 2 is 1.50 bits per heavy atom. The standard InChI is InChI=1S/C24H21N3O2S/c1-2-28-17-11-13-18(14-12-17)29-15-16-30-24-26-20-8-4-3-7-19(20)23-25-21-9-5-6-10-22(21)27(23)24/h3-14H,2,15-16H2,1H3. The maximum absolute atomic E-state index is 5.90. The van der Waals surface area contributed by atoms with E-state index in [4.69, 9.17) is 19.4 Å². The van der Waals surface area contributed by atoms with Gasteiger partial charge in [0, 0.05) is 11.1 Å². The van der Waals surface area contributed by atoms with E-state index in [0.29, 0.717) is 13.2 Å². The third-order valence-electron chi connectivity index (χ3n) is 4.83. The highest BCUT2D eigenvalue weighted by molar-refractivity contribution is 7.99. The van der Waals surface area contributed by atoms with Crippen LogP contribution >= 0.6 is 11.8 Å². The SMILES string of the molecule is CCOc1ccc(OCCSc2nc3ccccc3c3nc4ccccc4n23)cc1. The van der Waals surface area contributed by atoms with Crippen LogP contribution in [0.5, 0.6) is 11.5 Å². The van der Waals surface area contributed by atoms with Crippen molar-refractivity contribution in [2.45, 2.75) is 12.1 Å². The van der Waals surface area contributed by atoms with Gasteiger partial charge in [-0.05, 0) is 55.5 Å². The van der Waals surface area contributed by atoms with Gasteiger partial charge in [0.15, 0.2) is 5.16 Å². The molecule has 0 aliphatic heterocycles. The molecule has 0 aliphatic rings. The van der Waals surface area contributed by atoms with Crippen molar-refractivity contribution in [3.8, 4) is 11.5 Å². The quantitative estimate of drug-likeness (QED) is 0.197. The molecule has 5 rings (SSSR count). The molecule has 0 saturated heterocycles. The largest absolute Gasteiger partial charge is 0.494 e. The second-order valence-corrected chi connectivity index (χ2v) is 7.83. The van der Waals surface area contributed by atoms with Crippen molar-refractivity contribution in [3.05, 3.63) is 72.8 Å². The van der Waals surface area contributed by atoms with Gasteiger partial charge in [-0.3, -0.25) is 4.40 Å². The number of para-hydroxylation sites is 3. The molecule has 0 aliphatic carbocycles. The number of hydrogen-bond acceptors (Lipinski definition) is 5. The summed E-state index contributed by atoms with van der Waals surface area (Å²) in [6.07, 6.45) is 0. The molecule has 0 spiro atoms. The Bertz CT molecular complexity index is 1320. The van der Waals surface area contributed by atoms with E-state index in [0.717, 1.165) is 50.0 Å². The second kappa shape index (κ2) is 8.24. The van der Waals surface area contributed by atoms with E-state index in [1.807, 2.05) is 67.6 Å². The molecule has 2 heterocycles. The van der Waals surface area contributed by atoms with Crippen molar-refractivity contribution in [2.24, 2.45) is 0 Å². The molecule has 0 atom stereocenters. The lowest BCUT2D eigenvalue weighted by Gasteiger charge is -2.10. The molecule has 3 aromatic carbocycles. The van der Waals surface area contributed by atoms with Gasteiger partial charge in [-0.15, -0.1) is 0 Å². The summed E-state index contributed by atoms with van der Waals surface area (Å²) in [5.41, 5.74) is 3.94. The topological polar surface area (TPSA) is 48.7 Å². The molecular weight excluding hydrogens is 394 g/mol. The first-order valence-corrected chi connectivity index (χ1v) is 11.0. The lowest BCUT2D eigenvalue weighted by molar-refractivity contribution is 0.332. The van der Waals surface area contributed by atoms with Crippen LogP contribution < -0.4 is 9.47 Å². The maximum atomic E-state index is 5.90. The molecule has 0 bridgehead atoms. The molecule has 0 unspecified atom stereocenters. The number of rotatable bonds is 7. The van der Waals surface area contributed by atoms with E-state index in [-0.39, 0.29) is 0 Å². The van der Waals surface area contributed by atoms with Gasteiger partial charge < -0.3 is 9.47 Å². The number of hydrogen-bond donors (Lipinski definition) is 0. The minimum absolute atomic E-state index is 0.585. The minimum Gasteiger partial charge on any atom is -0.494 e. The normalized spacial score (nSPS) is 11.4. The smallest absolute Gasteiger partial charge is 0.174 e. The molecule has 6 heteroatoms. The summed E-state index contributed by atoms with van der Waals surface area (Å²) in [6, 6.07) is 24.1. The summed E-state index contributed by atoms with van der Waals surface area (Å²) in [6.45, 7) is 3.22. The Labute approximate surface area is 178 Å². The van der Waals surface area contributed by atoms with Gasteiger partial charge in [-0.1, -0.05) is 36.0 Å². The fraction of sp³-hybridized carbons (Fsp3) is 0.167. The van der Waals surface area contributed by atoms with Crippen LogP contribution in [0.25, 0.3) is 27.6 Å². The van der Waals surface area contributed by atoms with Crippen molar-refractivity contribution >= 4 is 39.3 Å². The van der Waals surface area contributed by atoms with Gasteiger partial charge in [0.25, 0.3) is 0 Å². The van der Waals surface area contributed by atoms with Gasteiger partial charge in [-0.2, -0.15) is 0 Å². The van der Waals surface area contributed by atoms with E-state index in [1.54, 1.807) is 11.8 Å². The maximum Gasteiger partial charge on any atom is 0.174 e. The zero-order valence-electron chi connectivity index (χ0n) is 16.6. The van der Waals surface area contributed by atoms with E-state index in [1.165, 1.54) is 0 Å². The molecule has 2 aromatic heterocycles. The molecule has 150 valence electrons. The Hall–Kier alpha value is -3.25. The predicted octanol–water partition coefficient (Wildman–Crippen LogP) is 5.61. The minimum atomic E-state index is 0.585. The van der Waals surface area contributed by atoms with E-state index in [2.05, 4.69) is 16.5 Å². The number of benzene rings is 3. The Kier molecular flexibility index (Phi) is 5.15. The molecule has 0 saturated carbocycles. The third kappa shape index (κ3) is 3.55. The number of imidazole rings is 1. The summed E-state index contributed by atoms with van der Waals surface area (Å²) in [7, 11) is 0. The van der Waals surface area contributed by atoms with Gasteiger partial charge in [0.2, 0.25) is 0 Å². The Morgan fingerprint density at radius 3 is 2.30 bits per heavy atom. The van der Waals surface area contributed by atoms with Crippen LogP contribution in [0.4, 0.5) is 0 Å². The highest BCUT2D eigenvalue weighted by Crippen LogP contribution is 2.29. The first-order valence-electron chi connectivity index (χ1n) is 9.98. The van der Waals surface area contributed by atoms with Crippen molar-refractivity contribution < 1.29 is 9.47 Å². The lowest BCUT2D eigenvalue weighted by Crippen LogP contribution is -2.03. The third-order valence-corrected chi connectivity index (χ3v) is 5.73. The van der Waals surface area contributed by atoms with Crippen LogP contribution in [-0.4, -0.2) is 33.3 Å². The van der Waals surface area contributed by atoms with Gasteiger partial charge in [-0.25, -0.2) is 9.97 Å². The summed E-state index contributed by atoms with van der Waals surface area (Å²) in [4.78, 5) is 9.79. The fourth-order valence-electron chi connectivity index (χ4n) is 3.50. The van der Waals surface area contributed by atoms with Gasteiger partial charge in [0.1, 0.15) is 17.1 Å². The molecule has 5 aromatic rings. The van der Waals surface area contributed by atoms with Gasteiger partial charge >= 0.3 is 0 Å². The number of thioether (sulfide) groups is 1. The average molecular weight is 416 g/mol. The number of aromatic nitrogens is 3. The molecule has 0 N–H and O–H groups in total. The van der Waals surface area contributed by atoms with Crippen LogP contribution in [0.3, 0.4) is 0 Å². The number of nitrogens with zero attached hydrogens (tertiary/aromatic N) is 3.